The highest BCUT2D eigenvalue weighted by Gasteiger charge is 2.16. The summed E-state index contributed by atoms with van der Waals surface area (Å²) in [6, 6.07) is 7.04. The van der Waals surface area contributed by atoms with Crippen LogP contribution in [0.2, 0.25) is 0 Å². The van der Waals surface area contributed by atoms with Gasteiger partial charge in [-0.1, -0.05) is 0 Å². The maximum absolute atomic E-state index is 11.5. The summed E-state index contributed by atoms with van der Waals surface area (Å²) in [6.45, 7) is 1.72. The first-order valence-electron chi connectivity index (χ1n) is 6.21. The maximum Gasteiger partial charge on any atom is 0.252 e. The van der Waals surface area contributed by atoms with E-state index in [1.54, 1.807) is 38.3 Å². The first-order chi connectivity index (χ1) is 10.0. The topological polar surface area (TPSA) is 113 Å². The number of nitrogen functional groups attached to an aromatic ring is 1. The fourth-order valence-corrected chi connectivity index (χ4v) is 1.90. The number of nitrogens with two attached hydrogens (primary N) is 2. The smallest absolute Gasteiger partial charge is 0.252 e. The van der Waals surface area contributed by atoms with Gasteiger partial charge in [0.15, 0.2) is 0 Å². The minimum atomic E-state index is -0.610. The first kappa shape index (κ1) is 14.6. The van der Waals surface area contributed by atoms with Crippen LogP contribution < -0.4 is 20.9 Å². The van der Waals surface area contributed by atoms with Crippen LogP contribution >= 0.6 is 0 Å². The third-order valence-electron chi connectivity index (χ3n) is 2.86. The van der Waals surface area contributed by atoms with Gasteiger partial charge < -0.3 is 20.9 Å². The van der Waals surface area contributed by atoms with Crippen LogP contribution in [0.3, 0.4) is 0 Å². The molecule has 21 heavy (non-hydrogen) atoms. The van der Waals surface area contributed by atoms with E-state index in [1.165, 1.54) is 0 Å². The van der Waals surface area contributed by atoms with Crippen molar-refractivity contribution in [2.24, 2.45) is 5.73 Å². The monoisotopic (exact) mass is 288 g/mol. The quantitative estimate of drug-likeness (QED) is 0.850. The molecule has 7 heteroatoms. The summed E-state index contributed by atoms with van der Waals surface area (Å²) in [5.74, 6) is 0.801. The first-order valence-corrected chi connectivity index (χ1v) is 6.21. The third kappa shape index (κ3) is 3.38. The molecule has 0 atom stereocenters. The number of amides is 1. The van der Waals surface area contributed by atoms with Crippen molar-refractivity contribution in [3.63, 3.8) is 0 Å². The van der Waals surface area contributed by atoms with Crippen molar-refractivity contribution in [1.82, 2.24) is 9.97 Å². The van der Waals surface area contributed by atoms with Crippen LogP contribution in [0.15, 0.2) is 24.3 Å². The van der Waals surface area contributed by atoms with Crippen LogP contribution in [0.25, 0.3) is 0 Å². The number of aromatic nitrogens is 2. The fraction of sp³-hybridized carbons (Fsp3) is 0.214. The Kier molecular flexibility index (Phi) is 4.22. The predicted octanol–water partition coefficient (Wildman–Crippen LogP) is 1.05. The van der Waals surface area contributed by atoms with Crippen LogP contribution in [0.5, 0.6) is 11.5 Å². The van der Waals surface area contributed by atoms with E-state index in [0.29, 0.717) is 17.1 Å². The molecule has 2 rings (SSSR count). The number of rotatable bonds is 5. The lowest BCUT2D eigenvalue weighted by molar-refractivity contribution is 0.0996. The standard InChI is InChI=1S/C14H16N4O3/c1-8-12(13(15)19)11(18-14(16)17-8)7-21-10-5-3-9(20-2)4-6-10/h3-6H,7H2,1-2H3,(H2,15,19)(H2,16,17,18). The molecule has 0 saturated heterocycles. The van der Waals surface area contributed by atoms with Gasteiger partial charge in [-0.15, -0.1) is 0 Å². The second-order valence-electron chi connectivity index (χ2n) is 4.32. The van der Waals surface area contributed by atoms with E-state index in [9.17, 15) is 4.79 Å². The van der Waals surface area contributed by atoms with E-state index in [2.05, 4.69) is 9.97 Å². The number of hydrogen-bond acceptors (Lipinski definition) is 6. The third-order valence-corrected chi connectivity index (χ3v) is 2.86. The molecular weight excluding hydrogens is 272 g/mol. The Morgan fingerprint density at radius 3 is 2.38 bits per heavy atom. The molecule has 1 heterocycles. The van der Waals surface area contributed by atoms with Crippen LogP contribution in [-0.4, -0.2) is 23.0 Å². The molecule has 110 valence electrons. The summed E-state index contributed by atoms with van der Waals surface area (Å²) < 4.78 is 10.6. The molecule has 0 radical (unpaired) electrons. The van der Waals surface area contributed by atoms with Gasteiger partial charge in [0.05, 0.1) is 24.1 Å². The molecule has 1 aromatic carbocycles. The molecule has 0 aliphatic rings. The molecule has 0 spiro atoms. The molecule has 0 fully saturated rings. The minimum absolute atomic E-state index is 0.0676. The number of carbonyl (C=O) groups excluding carboxylic acids is 1. The number of aryl methyl sites for hydroxylation is 1. The average Bonchev–Trinajstić information content (AvgIpc) is 2.44. The van der Waals surface area contributed by atoms with E-state index in [1.807, 2.05) is 0 Å². The molecule has 0 unspecified atom stereocenters. The van der Waals surface area contributed by atoms with Crippen molar-refractivity contribution in [2.75, 3.05) is 12.8 Å². The minimum Gasteiger partial charge on any atom is -0.497 e. The maximum atomic E-state index is 11.5. The Morgan fingerprint density at radius 2 is 1.81 bits per heavy atom. The SMILES string of the molecule is COc1ccc(OCc2nc(N)nc(C)c2C(N)=O)cc1. The van der Waals surface area contributed by atoms with Gasteiger partial charge in [-0.3, -0.25) is 4.79 Å². The molecule has 7 nitrogen and oxygen atoms in total. The van der Waals surface area contributed by atoms with E-state index < -0.39 is 5.91 Å². The fourth-order valence-electron chi connectivity index (χ4n) is 1.90. The van der Waals surface area contributed by atoms with Crippen molar-refractivity contribution in [3.05, 3.63) is 41.2 Å². The summed E-state index contributed by atoms with van der Waals surface area (Å²) in [5.41, 5.74) is 12.0. The summed E-state index contributed by atoms with van der Waals surface area (Å²) in [5, 5.41) is 0. The molecule has 0 aliphatic heterocycles. The van der Waals surface area contributed by atoms with Crippen molar-refractivity contribution in [2.45, 2.75) is 13.5 Å². The normalized spacial score (nSPS) is 10.2. The van der Waals surface area contributed by atoms with Gasteiger partial charge in [0.1, 0.15) is 18.1 Å². The van der Waals surface area contributed by atoms with Crippen molar-refractivity contribution in [3.8, 4) is 11.5 Å². The number of carbonyl (C=O) groups is 1. The van der Waals surface area contributed by atoms with Crippen molar-refractivity contribution in [1.29, 1.82) is 0 Å². The molecular formula is C14H16N4O3. The second kappa shape index (κ2) is 6.08. The molecule has 0 aliphatic carbocycles. The van der Waals surface area contributed by atoms with Gasteiger partial charge in [-0.05, 0) is 31.2 Å². The Bertz CT molecular complexity index is 656. The zero-order valence-corrected chi connectivity index (χ0v) is 11.8. The molecule has 0 bridgehead atoms. The summed E-state index contributed by atoms with van der Waals surface area (Å²) in [6.07, 6.45) is 0. The Labute approximate surface area is 121 Å². The molecule has 0 saturated carbocycles. The highest BCUT2D eigenvalue weighted by Crippen LogP contribution is 2.19. The van der Waals surface area contributed by atoms with E-state index in [4.69, 9.17) is 20.9 Å². The van der Waals surface area contributed by atoms with E-state index in [0.717, 1.165) is 5.75 Å². The number of nitrogens with zero attached hydrogens (tertiary/aromatic N) is 2. The summed E-state index contributed by atoms with van der Waals surface area (Å²) in [4.78, 5) is 19.4. The highest BCUT2D eigenvalue weighted by molar-refractivity contribution is 5.95. The van der Waals surface area contributed by atoms with Gasteiger partial charge in [0, 0.05) is 0 Å². The zero-order valence-electron chi connectivity index (χ0n) is 11.8. The number of hydrogen-bond donors (Lipinski definition) is 2. The van der Waals surface area contributed by atoms with Crippen molar-refractivity contribution < 1.29 is 14.3 Å². The Hall–Kier alpha value is -2.83. The molecule has 4 N–H and O–H groups in total. The van der Waals surface area contributed by atoms with Gasteiger partial charge >= 0.3 is 0 Å². The van der Waals surface area contributed by atoms with Gasteiger partial charge in [-0.25, -0.2) is 9.97 Å². The lowest BCUT2D eigenvalue weighted by Crippen LogP contribution is -2.20. The van der Waals surface area contributed by atoms with Crippen LogP contribution in [0.1, 0.15) is 21.7 Å². The largest absolute Gasteiger partial charge is 0.497 e. The number of ether oxygens (including phenoxy) is 2. The lowest BCUT2D eigenvalue weighted by Gasteiger charge is -2.11. The van der Waals surface area contributed by atoms with Gasteiger partial charge in [0.25, 0.3) is 5.91 Å². The number of methoxy groups -OCH3 is 1. The van der Waals surface area contributed by atoms with Crippen LogP contribution in [-0.2, 0) is 6.61 Å². The highest BCUT2D eigenvalue weighted by atomic mass is 16.5. The molecule has 2 aromatic rings. The zero-order chi connectivity index (χ0) is 15.4. The average molecular weight is 288 g/mol. The molecule has 1 amide bonds. The second-order valence-corrected chi connectivity index (χ2v) is 4.32. The predicted molar refractivity (Wildman–Crippen MR) is 77.0 cm³/mol. The van der Waals surface area contributed by atoms with Gasteiger partial charge in [0.2, 0.25) is 5.95 Å². The van der Waals surface area contributed by atoms with E-state index in [-0.39, 0.29) is 18.1 Å². The Morgan fingerprint density at radius 1 is 1.19 bits per heavy atom. The van der Waals surface area contributed by atoms with Crippen LogP contribution in [0.4, 0.5) is 5.95 Å². The van der Waals surface area contributed by atoms with Crippen LogP contribution in [0, 0.1) is 6.92 Å². The summed E-state index contributed by atoms with van der Waals surface area (Å²) in [7, 11) is 1.58. The van der Waals surface area contributed by atoms with Gasteiger partial charge in [-0.2, -0.15) is 0 Å². The summed E-state index contributed by atoms with van der Waals surface area (Å²) >= 11 is 0. The Balaban J connectivity index is 2.20. The number of benzene rings is 1. The molecule has 1 aromatic heterocycles. The lowest BCUT2D eigenvalue weighted by atomic mass is 10.1. The number of primary amides is 1. The number of anilines is 1. The van der Waals surface area contributed by atoms with E-state index >= 15 is 0 Å². The van der Waals surface area contributed by atoms with Crippen molar-refractivity contribution >= 4 is 11.9 Å².